The number of nitrogens with two attached hydrogens (primary N) is 1. The largest absolute Gasteiger partial charge is 0.356 e. The maximum absolute atomic E-state index is 12.0. The van der Waals surface area contributed by atoms with Gasteiger partial charge in [0.25, 0.3) is 5.91 Å². The van der Waals surface area contributed by atoms with E-state index in [9.17, 15) is 14.9 Å². The minimum atomic E-state index is -0.737. The molecule has 114 valence electrons. The minimum absolute atomic E-state index is 0.200. The third kappa shape index (κ3) is 3.19. The molecule has 2 aromatic rings. The standard InChI is InChI=1S/C11H10ClN7O3/c12-7-4-2-1-3-6(7)11(20)18-17-10-8(19(21)22)9(16-13)14-5-15-10/h1-5H,13H2,(H,18,20)(H2,14,15,16,17). The van der Waals surface area contributed by atoms with Crippen molar-refractivity contribution in [3.8, 4) is 0 Å². The van der Waals surface area contributed by atoms with Crippen LogP contribution in [0.5, 0.6) is 0 Å². The molecule has 0 spiro atoms. The molecule has 0 aliphatic carbocycles. The van der Waals surface area contributed by atoms with Crippen molar-refractivity contribution in [3.05, 3.63) is 51.3 Å². The summed E-state index contributed by atoms with van der Waals surface area (Å²) in [6.07, 6.45) is 1.05. The summed E-state index contributed by atoms with van der Waals surface area (Å²) in [7, 11) is 0. The molecule has 0 fully saturated rings. The smallest absolute Gasteiger partial charge is 0.303 e. The number of rotatable bonds is 5. The van der Waals surface area contributed by atoms with Crippen molar-refractivity contribution in [1.29, 1.82) is 0 Å². The Morgan fingerprint density at radius 1 is 1.27 bits per heavy atom. The lowest BCUT2D eigenvalue weighted by atomic mass is 10.2. The summed E-state index contributed by atoms with van der Waals surface area (Å²) in [6, 6.07) is 6.34. The van der Waals surface area contributed by atoms with Crippen molar-refractivity contribution in [3.63, 3.8) is 0 Å². The fraction of sp³-hybridized carbons (Fsp3) is 0. The summed E-state index contributed by atoms with van der Waals surface area (Å²) in [5.41, 5.74) is 6.38. The van der Waals surface area contributed by atoms with Gasteiger partial charge in [0.15, 0.2) is 0 Å². The first-order valence-electron chi connectivity index (χ1n) is 5.81. The zero-order valence-electron chi connectivity index (χ0n) is 10.9. The van der Waals surface area contributed by atoms with Crippen LogP contribution < -0.4 is 22.1 Å². The normalized spacial score (nSPS) is 9.91. The Kier molecular flexibility index (Phi) is 4.66. The summed E-state index contributed by atoms with van der Waals surface area (Å²) in [4.78, 5) is 29.6. The number of amides is 1. The number of carbonyl (C=O) groups excluding carboxylic acids is 1. The van der Waals surface area contributed by atoms with Crippen molar-refractivity contribution >= 4 is 34.8 Å². The first-order chi connectivity index (χ1) is 10.5. The third-order valence-electron chi connectivity index (χ3n) is 2.55. The van der Waals surface area contributed by atoms with Gasteiger partial charge in [0.1, 0.15) is 6.33 Å². The van der Waals surface area contributed by atoms with Crippen molar-refractivity contribution in [2.75, 3.05) is 10.9 Å². The number of hydrogen-bond acceptors (Lipinski definition) is 8. The fourth-order valence-electron chi connectivity index (χ4n) is 1.58. The van der Waals surface area contributed by atoms with E-state index in [0.717, 1.165) is 6.33 Å². The monoisotopic (exact) mass is 323 g/mol. The summed E-state index contributed by atoms with van der Waals surface area (Å²) >= 11 is 5.88. The van der Waals surface area contributed by atoms with Gasteiger partial charge in [-0.25, -0.2) is 15.8 Å². The topological polar surface area (TPSA) is 148 Å². The highest BCUT2D eigenvalue weighted by Gasteiger charge is 2.23. The van der Waals surface area contributed by atoms with Gasteiger partial charge in [0.2, 0.25) is 11.6 Å². The van der Waals surface area contributed by atoms with Gasteiger partial charge in [-0.1, -0.05) is 23.7 Å². The highest BCUT2D eigenvalue weighted by Crippen LogP contribution is 2.27. The van der Waals surface area contributed by atoms with Crippen LogP contribution in [0.2, 0.25) is 5.02 Å². The van der Waals surface area contributed by atoms with Gasteiger partial charge < -0.3 is 5.43 Å². The molecule has 0 atom stereocenters. The summed E-state index contributed by atoms with van der Waals surface area (Å²) in [5.74, 6) is 4.14. The van der Waals surface area contributed by atoms with Crippen LogP contribution in [0.25, 0.3) is 0 Å². The lowest BCUT2D eigenvalue weighted by Gasteiger charge is -2.10. The second-order valence-corrected chi connectivity index (χ2v) is 4.29. The molecule has 5 N–H and O–H groups in total. The van der Waals surface area contributed by atoms with Gasteiger partial charge in [-0.2, -0.15) is 0 Å². The average molecular weight is 324 g/mol. The highest BCUT2D eigenvalue weighted by molar-refractivity contribution is 6.33. The minimum Gasteiger partial charge on any atom is -0.303 e. The van der Waals surface area contributed by atoms with Crippen molar-refractivity contribution in [2.45, 2.75) is 0 Å². The van der Waals surface area contributed by atoms with Gasteiger partial charge in [0, 0.05) is 0 Å². The Labute approximate surface area is 128 Å². The van der Waals surface area contributed by atoms with E-state index in [1.165, 1.54) is 6.07 Å². The molecule has 0 unspecified atom stereocenters. The van der Waals surface area contributed by atoms with E-state index in [2.05, 4.69) is 26.2 Å². The predicted molar refractivity (Wildman–Crippen MR) is 79.0 cm³/mol. The molecule has 1 aromatic heterocycles. The molecule has 0 aliphatic heterocycles. The first-order valence-corrected chi connectivity index (χ1v) is 6.19. The van der Waals surface area contributed by atoms with E-state index in [1.54, 1.807) is 18.2 Å². The van der Waals surface area contributed by atoms with Crippen LogP contribution in [-0.4, -0.2) is 20.8 Å². The molecule has 0 radical (unpaired) electrons. The van der Waals surface area contributed by atoms with Crippen LogP contribution in [0.4, 0.5) is 17.3 Å². The van der Waals surface area contributed by atoms with Gasteiger partial charge in [-0.15, -0.1) is 0 Å². The molecule has 1 amide bonds. The maximum atomic E-state index is 12.0. The number of hydrazine groups is 2. The fourth-order valence-corrected chi connectivity index (χ4v) is 1.80. The molecule has 11 heteroatoms. The van der Waals surface area contributed by atoms with E-state index < -0.39 is 16.5 Å². The number of nitro groups is 1. The maximum Gasteiger partial charge on any atom is 0.356 e. The van der Waals surface area contributed by atoms with E-state index in [-0.39, 0.29) is 22.2 Å². The summed E-state index contributed by atoms with van der Waals surface area (Å²) < 4.78 is 0. The second kappa shape index (κ2) is 6.65. The Hall–Kier alpha value is -2.98. The van der Waals surface area contributed by atoms with Gasteiger partial charge in [-0.05, 0) is 12.1 Å². The van der Waals surface area contributed by atoms with Crippen LogP contribution in [0.1, 0.15) is 10.4 Å². The van der Waals surface area contributed by atoms with E-state index in [4.69, 9.17) is 17.4 Å². The highest BCUT2D eigenvalue weighted by atomic mass is 35.5. The molecule has 0 saturated heterocycles. The predicted octanol–water partition coefficient (Wildman–Crippen LogP) is 1.08. The zero-order chi connectivity index (χ0) is 16.1. The zero-order valence-corrected chi connectivity index (χ0v) is 11.7. The first kappa shape index (κ1) is 15.4. The summed E-state index contributed by atoms with van der Waals surface area (Å²) in [6.45, 7) is 0. The second-order valence-electron chi connectivity index (χ2n) is 3.88. The number of benzene rings is 1. The van der Waals surface area contributed by atoms with Crippen molar-refractivity contribution in [2.24, 2.45) is 5.84 Å². The van der Waals surface area contributed by atoms with Crippen LogP contribution >= 0.6 is 11.6 Å². The number of halogens is 1. The third-order valence-corrected chi connectivity index (χ3v) is 2.88. The number of nitrogens with one attached hydrogen (secondary N) is 3. The van der Waals surface area contributed by atoms with E-state index in [1.807, 2.05) is 0 Å². The molecular weight excluding hydrogens is 314 g/mol. The molecule has 1 aromatic carbocycles. The van der Waals surface area contributed by atoms with E-state index in [0.29, 0.717) is 0 Å². The molecule has 0 saturated carbocycles. The number of carbonyl (C=O) groups is 1. The summed E-state index contributed by atoms with van der Waals surface area (Å²) in [5, 5.41) is 11.3. The Morgan fingerprint density at radius 2 is 1.95 bits per heavy atom. The molecule has 1 heterocycles. The SMILES string of the molecule is NNc1ncnc(NNC(=O)c2ccccc2Cl)c1[N+](=O)[O-]. The number of aromatic nitrogens is 2. The molecule has 0 bridgehead atoms. The number of hydrogen-bond donors (Lipinski definition) is 4. The molecular formula is C11H10ClN7O3. The Bertz CT molecular complexity index is 725. The van der Waals surface area contributed by atoms with Gasteiger partial charge >= 0.3 is 5.69 Å². The lowest BCUT2D eigenvalue weighted by molar-refractivity contribution is -0.383. The van der Waals surface area contributed by atoms with Crippen molar-refractivity contribution < 1.29 is 9.72 Å². The van der Waals surface area contributed by atoms with Gasteiger partial charge in [-0.3, -0.25) is 25.8 Å². The van der Waals surface area contributed by atoms with Crippen LogP contribution in [-0.2, 0) is 0 Å². The Morgan fingerprint density at radius 3 is 2.59 bits per heavy atom. The average Bonchev–Trinajstić information content (AvgIpc) is 2.52. The quantitative estimate of drug-likeness (QED) is 0.363. The van der Waals surface area contributed by atoms with Crippen molar-refractivity contribution in [1.82, 2.24) is 15.4 Å². The van der Waals surface area contributed by atoms with Gasteiger partial charge in [0.05, 0.1) is 15.5 Å². The van der Waals surface area contributed by atoms with Crippen LogP contribution in [0.15, 0.2) is 30.6 Å². The van der Waals surface area contributed by atoms with Crippen LogP contribution in [0.3, 0.4) is 0 Å². The molecule has 10 nitrogen and oxygen atoms in total. The molecule has 22 heavy (non-hydrogen) atoms. The number of nitrogens with zero attached hydrogens (tertiary/aromatic N) is 3. The molecule has 2 rings (SSSR count). The Balaban J connectivity index is 2.20. The van der Waals surface area contributed by atoms with Crippen LogP contribution in [0, 0.1) is 10.1 Å². The lowest BCUT2D eigenvalue weighted by Crippen LogP contribution is -2.30. The molecule has 0 aliphatic rings. The van der Waals surface area contributed by atoms with E-state index >= 15 is 0 Å². The number of nitrogen functional groups attached to an aromatic ring is 1. The number of anilines is 2.